The third kappa shape index (κ3) is 6.89. The molecule has 0 bridgehead atoms. The van der Waals surface area contributed by atoms with Crippen molar-refractivity contribution in [2.75, 3.05) is 0 Å². The maximum Gasteiger partial charge on any atom is 0.0972 e. The van der Waals surface area contributed by atoms with E-state index >= 15 is 0 Å². The van der Waals surface area contributed by atoms with E-state index in [2.05, 4.69) is 309 Å². The normalized spacial score (nSPS) is 13.8. The van der Waals surface area contributed by atoms with Gasteiger partial charge in [-0.1, -0.05) is 273 Å². The molecule has 4 heteroatoms. The van der Waals surface area contributed by atoms with E-state index in [0.29, 0.717) is 0 Å². The third-order valence-electron chi connectivity index (χ3n) is 23.1. The Balaban J connectivity index is 0.716. The molecule has 0 unspecified atom stereocenters. The third-order valence-corrected chi connectivity index (χ3v) is 23.1. The van der Waals surface area contributed by atoms with Gasteiger partial charge in [-0.25, -0.2) is 9.97 Å². The van der Waals surface area contributed by atoms with Gasteiger partial charge in [0, 0.05) is 45.1 Å². The van der Waals surface area contributed by atoms with Gasteiger partial charge in [-0.2, -0.15) is 0 Å². The second kappa shape index (κ2) is 19.8. The molecule has 0 saturated carbocycles. The van der Waals surface area contributed by atoms with Crippen molar-refractivity contribution in [3.05, 3.63) is 372 Å². The topological polar surface area (TPSA) is 51.6 Å². The summed E-state index contributed by atoms with van der Waals surface area (Å²) < 4.78 is 0. The SMILES string of the molecule is c1ccc2c(c1)-c1ccccc1C21c2ccc3ccccc3c2-c2c1cc(-c1ccc3cc(-c4cccc5c6c(ccc45)C4(c5ccccc5-c5ccccc54)c4cc(-c5ccc(-c7ccc8ccc9cccnc9c8n7)cc5)c5ccccc5c4-6)c4cccnc4c3n1)c1ccccc21. The molecule has 0 amide bonds. The average Bonchev–Trinajstić information content (AvgIpc) is 1.50. The molecular formula is C96H54N4. The molecule has 4 heterocycles. The van der Waals surface area contributed by atoms with Crippen LogP contribution in [0.2, 0.25) is 0 Å². The zero-order valence-corrected chi connectivity index (χ0v) is 54.0. The summed E-state index contributed by atoms with van der Waals surface area (Å²) in [4.78, 5) is 21.2. The summed E-state index contributed by atoms with van der Waals surface area (Å²) in [7, 11) is 0. The molecule has 0 fully saturated rings. The molecule has 0 aliphatic heterocycles. The summed E-state index contributed by atoms with van der Waals surface area (Å²) in [6, 6.07) is 118. The molecule has 4 aromatic heterocycles. The Hall–Kier alpha value is -13.0. The Labute approximate surface area is 575 Å². The van der Waals surface area contributed by atoms with Gasteiger partial charge < -0.3 is 0 Å². The highest BCUT2D eigenvalue weighted by atomic mass is 14.8. The zero-order valence-electron chi connectivity index (χ0n) is 54.0. The largest absolute Gasteiger partial charge is 0.254 e. The van der Waals surface area contributed by atoms with E-state index in [1.807, 2.05) is 18.5 Å². The lowest BCUT2D eigenvalue weighted by Gasteiger charge is -2.31. The van der Waals surface area contributed by atoms with Gasteiger partial charge in [-0.05, 0) is 197 Å². The first-order chi connectivity index (χ1) is 49.6. The van der Waals surface area contributed by atoms with E-state index in [-0.39, 0.29) is 0 Å². The average molecular weight is 1260 g/mol. The van der Waals surface area contributed by atoms with Crippen LogP contribution >= 0.6 is 0 Å². The van der Waals surface area contributed by atoms with Crippen LogP contribution in [0.15, 0.2) is 328 Å². The lowest BCUT2D eigenvalue weighted by molar-refractivity contribution is 0.795. The van der Waals surface area contributed by atoms with E-state index in [1.165, 1.54) is 138 Å². The molecule has 458 valence electrons. The van der Waals surface area contributed by atoms with Crippen LogP contribution in [0.4, 0.5) is 0 Å². The van der Waals surface area contributed by atoms with Crippen molar-refractivity contribution in [3.8, 4) is 89.3 Å². The molecule has 4 aliphatic carbocycles. The van der Waals surface area contributed by atoms with Crippen LogP contribution in [-0.4, -0.2) is 19.9 Å². The minimum absolute atomic E-state index is 0.551. The number of nitrogens with zero attached hydrogens (tertiary/aromatic N) is 4. The molecule has 23 rings (SSSR count). The van der Waals surface area contributed by atoms with E-state index in [1.54, 1.807) is 0 Å². The smallest absolute Gasteiger partial charge is 0.0972 e. The molecular weight excluding hydrogens is 1210 g/mol. The number of pyridine rings is 4. The first-order valence-electron chi connectivity index (χ1n) is 34.7. The second-order valence-electron chi connectivity index (χ2n) is 27.6. The fourth-order valence-corrected chi connectivity index (χ4v) is 19.2. The van der Waals surface area contributed by atoms with Crippen molar-refractivity contribution in [2.24, 2.45) is 0 Å². The lowest BCUT2D eigenvalue weighted by Crippen LogP contribution is -2.26. The summed E-state index contributed by atoms with van der Waals surface area (Å²) in [6.45, 7) is 0. The molecule has 15 aromatic carbocycles. The summed E-state index contributed by atoms with van der Waals surface area (Å²) >= 11 is 0. The van der Waals surface area contributed by atoms with Gasteiger partial charge in [0.1, 0.15) is 0 Å². The number of hydrogen-bond acceptors (Lipinski definition) is 4. The molecule has 0 radical (unpaired) electrons. The summed E-state index contributed by atoms with van der Waals surface area (Å²) in [5.74, 6) is 0. The monoisotopic (exact) mass is 1260 g/mol. The van der Waals surface area contributed by atoms with Crippen molar-refractivity contribution < 1.29 is 0 Å². The predicted molar refractivity (Wildman–Crippen MR) is 412 cm³/mol. The van der Waals surface area contributed by atoms with E-state index < -0.39 is 10.8 Å². The Bertz CT molecular complexity index is 6830. The van der Waals surface area contributed by atoms with E-state index in [9.17, 15) is 0 Å². The quantitative estimate of drug-likeness (QED) is 0.165. The van der Waals surface area contributed by atoms with Crippen molar-refractivity contribution in [1.29, 1.82) is 0 Å². The Morgan fingerprint density at radius 1 is 0.190 bits per heavy atom. The van der Waals surface area contributed by atoms with Gasteiger partial charge in [0.15, 0.2) is 0 Å². The van der Waals surface area contributed by atoms with Crippen LogP contribution in [0.1, 0.15) is 44.5 Å². The highest BCUT2D eigenvalue weighted by Crippen LogP contribution is 2.68. The molecule has 2 spiro atoms. The fourth-order valence-electron chi connectivity index (χ4n) is 19.2. The minimum Gasteiger partial charge on any atom is -0.254 e. The van der Waals surface area contributed by atoms with Crippen LogP contribution in [0.3, 0.4) is 0 Å². The molecule has 4 aliphatic rings. The highest BCUT2D eigenvalue weighted by molar-refractivity contribution is 6.22. The lowest BCUT2D eigenvalue weighted by atomic mass is 9.69. The van der Waals surface area contributed by atoms with Gasteiger partial charge in [0.25, 0.3) is 0 Å². The number of hydrogen-bond donors (Lipinski definition) is 0. The summed E-state index contributed by atoms with van der Waals surface area (Å²) in [6.07, 6.45) is 3.79. The van der Waals surface area contributed by atoms with Crippen molar-refractivity contribution in [3.63, 3.8) is 0 Å². The molecule has 4 nitrogen and oxygen atoms in total. The van der Waals surface area contributed by atoms with Crippen LogP contribution in [0, 0.1) is 0 Å². The van der Waals surface area contributed by atoms with Crippen molar-refractivity contribution in [1.82, 2.24) is 19.9 Å². The summed E-state index contributed by atoms with van der Waals surface area (Å²) in [5.41, 5.74) is 31.9. The van der Waals surface area contributed by atoms with Gasteiger partial charge in [0.2, 0.25) is 0 Å². The van der Waals surface area contributed by atoms with Crippen LogP contribution in [0.25, 0.3) is 176 Å². The van der Waals surface area contributed by atoms with Crippen LogP contribution in [-0.2, 0) is 10.8 Å². The van der Waals surface area contributed by atoms with Crippen molar-refractivity contribution >= 4 is 86.7 Å². The van der Waals surface area contributed by atoms with Gasteiger partial charge in [-0.3, -0.25) is 9.97 Å². The Morgan fingerprint density at radius 3 is 1.26 bits per heavy atom. The summed E-state index contributed by atoms with van der Waals surface area (Å²) in [5, 5.41) is 14.0. The molecule has 0 atom stereocenters. The Kier molecular flexibility index (Phi) is 10.7. The molecule has 19 aromatic rings. The maximum atomic E-state index is 5.83. The number of fused-ring (bicyclic) bond motifs is 34. The highest BCUT2D eigenvalue weighted by Gasteiger charge is 2.54. The standard InChI is InChI=1S/C96H54N4/c1-2-20-61-55(18-1)42-46-81-87(61)89-71-28-6-4-22-64(71)76(54-84(89)95(81)77-32-11-7-23-66(77)67-24-8-12-33-78(67)95)86-49-44-60-52-75(73-31-17-51-98-94(73)93(60)100-86)62-29-15-30-72-65(62)45-47-82-88(72)90-70-27-5-3-21-63(70)74(53-83(90)96(82)79-34-13-9-25-68(79)69-26-10-14-35-80(69)96)56-36-38-57(39-37-56)85-48-43-59-41-40-58-19-16-50-97-91(58)92(59)99-85/h1-54H. The van der Waals surface area contributed by atoms with E-state index in [0.717, 1.165) is 82.8 Å². The maximum absolute atomic E-state index is 5.83. The fraction of sp³-hybridized carbons (Fsp3) is 0.0208. The van der Waals surface area contributed by atoms with Gasteiger partial charge in [0.05, 0.1) is 44.3 Å². The second-order valence-corrected chi connectivity index (χ2v) is 27.6. The number of rotatable bonds is 4. The number of aromatic nitrogens is 4. The van der Waals surface area contributed by atoms with Gasteiger partial charge in [-0.15, -0.1) is 0 Å². The molecule has 0 N–H and O–H groups in total. The zero-order chi connectivity index (χ0) is 65.1. The van der Waals surface area contributed by atoms with Crippen LogP contribution in [0.5, 0.6) is 0 Å². The number of benzene rings is 15. The minimum atomic E-state index is -0.606. The molecule has 0 saturated heterocycles. The Morgan fingerprint density at radius 2 is 0.600 bits per heavy atom. The predicted octanol–water partition coefficient (Wildman–Crippen LogP) is 23.8. The first kappa shape index (κ1) is 54.1. The van der Waals surface area contributed by atoms with E-state index in [4.69, 9.17) is 19.9 Å². The van der Waals surface area contributed by atoms with Crippen molar-refractivity contribution in [2.45, 2.75) is 10.8 Å². The van der Waals surface area contributed by atoms with Crippen LogP contribution < -0.4 is 0 Å². The van der Waals surface area contributed by atoms with Gasteiger partial charge >= 0.3 is 0 Å². The molecule has 100 heavy (non-hydrogen) atoms. The first-order valence-corrected chi connectivity index (χ1v) is 34.7.